The Morgan fingerprint density at radius 2 is 2.11 bits per heavy atom. The molecule has 0 radical (unpaired) electrons. The lowest BCUT2D eigenvalue weighted by Crippen LogP contribution is -1.95. The van der Waals surface area contributed by atoms with Gasteiger partial charge in [-0.2, -0.15) is 5.26 Å². The van der Waals surface area contributed by atoms with E-state index in [1.54, 1.807) is 10.7 Å². The van der Waals surface area contributed by atoms with E-state index in [4.69, 9.17) is 16.9 Å². The molecule has 2 heterocycles. The van der Waals surface area contributed by atoms with Crippen LogP contribution in [-0.2, 0) is 0 Å². The molecule has 0 amide bonds. The number of hydrogen-bond acceptors (Lipinski definition) is 3. The van der Waals surface area contributed by atoms with Gasteiger partial charge in [-0.25, -0.2) is 9.67 Å². The van der Waals surface area contributed by atoms with Gasteiger partial charge in [0.05, 0.1) is 5.69 Å². The molecule has 0 unspecified atom stereocenters. The standard InChI is InChI=1S/C14H9ClN4/c1-9-6-12(4-5-13(9)15)19-8-10-2-3-11(7-16)17-14(10)18-19/h2-6,8H,1H3. The number of hydrogen-bond donors (Lipinski definition) is 0. The molecule has 0 N–H and O–H groups in total. The topological polar surface area (TPSA) is 54.5 Å². The lowest BCUT2D eigenvalue weighted by Gasteiger charge is -2.03. The zero-order valence-electron chi connectivity index (χ0n) is 10.1. The van der Waals surface area contributed by atoms with Crippen molar-refractivity contribution in [1.29, 1.82) is 5.26 Å². The highest BCUT2D eigenvalue weighted by molar-refractivity contribution is 6.31. The molecule has 5 heteroatoms. The fourth-order valence-electron chi connectivity index (χ4n) is 1.87. The first-order valence-electron chi connectivity index (χ1n) is 5.70. The van der Waals surface area contributed by atoms with Crippen molar-refractivity contribution >= 4 is 22.6 Å². The summed E-state index contributed by atoms with van der Waals surface area (Å²) in [7, 11) is 0. The van der Waals surface area contributed by atoms with Gasteiger partial charge in [-0.1, -0.05) is 11.6 Å². The van der Waals surface area contributed by atoms with Crippen LogP contribution < -0.4 is 0 Å². The molecular formula is C14H9ClN4. The Morgan fingerprint density at radius 1 is 1.26 bits per heavy atom. The van der Waals surface area contributed by atoms with Crippen molar-refractivity contribution in [2.45, 2.75) is 6.92 Å². The fraction of sp³-hybridized carbons (Fsp3) is 0.0714. The van der Waals surface area contributed by atoms with E-state index in [1.165, 1.54) is 0 Å². The number of aromatic nitrogens is 3. The van der Waals surface area contributed by atoms with Gasteiger partial charge in [0, 0.05) is 16.6 Å². The fourth-order valence-corrected chi connectivity index (χ4v) is 1.99. The molecule has 1 aromatic carbocycles. The zero-order chi connectivity index (χ0) is 13.4. The largest absolute Gasteiger partial charge is 0.238 e. The molecule has 3 rings (SSSR count). The maximum Gasteiger partial charge on any atom is 0.182 e. The highest BCUT2D eigenvalue weighted by Crippen LogP contribution is 2.20. The van der Waals surface area contributed by atoms with Crippen molar-refractivity contribution < 1.29 is 0 Å². The minimum absolute atomic E-state index is 0.366. The van der Waals surface area contributed by atoms with Gasteiger partial charge in [0.1, 0.15) is 11.8 Å². The lowest BCUT2D eigenvalue weighted by molar-refractivity contribution is 0.888. The summed E-state index contributed by atoms with van der Waals surface area (Å²) in [5.74, 6) is 0. The normalized spacial score (nSPS) is 10.6. The van der Waals surface area contributed by atoms with Crippen LogP contribution in [0, 0.1) is 18.3 Å². The zero-order valence-corrected chi connectivity index (χ0v) is 10.9. The summed E-state index contributed by atoms with van der Waals surface area (Å²) in [6, 6.07) is 11.2. The minimum atomic E-state index is 0.366. The summed E-state index contributed by atoms with van der Waals surface area (Å²) in [5, 5.41) is 14.8. The highest BCUT2D eigenvalue weighted by atomic mass is 35.5. The van der Waals surface area contributed by atoms with Gasteiger partial charge in [-0.05, 0) is 42.8 Å². The third-order valence-electron chi connectivity index (χ3n) is 2.89. The van der Waals surface area contributed by atoms with Crippen LogP contribution in [0.1, 0.15) is 11.3 Å². The molecule has 0 spiro atoms. The van der Waals surface area contributed by atoms with Gasteiger partial charge < -0.3 is 0 Å². The number of aryl methyl sites for hydroxylation is 1. The molecule has 19 heavy (non-hydrogen) atoms. The maximum atomic E-state index is 8.83. The van der Waals surface area contributed by atoms with Crippen LogP contribution >= 0.6 is 11.6 Å². The van der Waals surface area contributed by atoms with Crippen molar-refractivity contribution in [1.82, 2.24) is 14.8 Å². The minimum Gasteiger partial charge on any atom is -0.238 e. The van der Waals surface area contributed by atoms with E-state index >= 15 is 0 Å². The first-order chi connectivity index (χ1) is 9.17. The van der Waals surface area contributed by atoms with Gasteiger partial charge >= 0.3 is 0 Å². The van der Waals surface area contributed by atoms with E-state index < -0.39 is 0 Å². The van der Waals surface area contributed by atoms with Gasteiger partial charge in [0.25, 0.3) is 0 Å². The van der Waals surface area contributed by atoms with Crippen LogP contribution in [0.3, 0.4) is 0 Å². The second-order valence-corrected chi connectivity index (χ2v) is 4.64. The summed E-state index contributed by atoms with van der Waals surface area (Å²) >= 11 is 6.01. The monoisotopic (exact) mass is 268 g/mol. The molecular weight excluding hydrogens is 260 g/mol. The number of rotatable bonds is 1. The van der Waals surface area contributed by atoms with Crippen LogP contribution in [0.15, 0.2) is 36.5 Å². The third kappa shape index (κ3) is 2.05. The number of pyridine rings is 1. The van der Waals surface area contributed by atoms with Crippen molar-refractivity contribution in [2.75, 3.05) is 0 Å². The van der Waals surface area contributed by atoms with Crippen LogP contribution in [0.25, 0.3) is 16.7 Å². The molecule has 0 saturated heterocycles. The maximum absolute atomic E-state index is 8.83. The summed E-state index contributed by atoms with van der Waals surface area (Å²) in [6.07, 6.45) is 1.88. The van der Waals surface area contributed by atoms with Crippen molar-refractivity contribution in [3.05, 3.63) is 52.8 Å². The number of benzene rings is 1. The van der Waals surface area contributed by atoms with Gasteiger partial charge in [0.15, 0.2) is 5.65 Å². The van der Waals surface area contributed by atoms with E-state index in [9.17, 15) is 0 Å². The second-order valence-electron chi connectivity index (χ2n) is 4.23. The molecule has 0 aliphatic carbocycles. The SMILES string of the molecule is Cc1cc(-n2cc3ccc(C#N)nc3n2)ccc1Cl. The number of nitriles is 1. The number of fused-ring (bicyclic) bond motifs is 1. The summed E-state index contributed by atoms with van der Waals surface area (Å²) < 4.78 is 1.74. The molecule has 0 aliphatic rings. The smallest absolute Gasteiger partial charge is 0.182 e. The Morgan fingerprint density at radius 3 is 2.84 bits per heavy atom. The predicted molar refractivity (Wildman–Crippen MR) is 73.3 cm³/mol. The average molecular weight is 269 g/mol. The Kier molecular flexibility index (Phi) is 2.69. The molecule has 0 bridgehead atoms. The summed E-state index contributed by atoms with van der Waals surface area (Å²) in [5.41, 5.74) is 2.83. The van der Waals surface area contributed by atoms with E-state index in [2.05, 4.69) is 10.1 Å². The molecule has 3 aromatic rings. The first kappa shape index (κ1) is 11.7. The highest BCUT2D eigenvalue weighted by Gasteiger charge is 2.06. The van der Waals surface area contributed by atoms with Crippen molar-refractivity contribution in [2.24, 2.45) is 0 Å². The van der Waals surface area contributed by atoms with E-state index in [0.29, 0.717) is 11.3 Å². The summed E-state index contributed by atoms with van der Waals surface area (Å²) in [6.45, 7) is 1.95. The first-order valence-corrected chi connectivity index (χ1v) is 6.08. The third-order valence-corrected chi connectivity index (χ3v) is 3.31. The molecule has 4 nitrogen and oxygen atoms in total. The van der Waals surface area contributed by atoms with Crippen LogP contribution in [0.5, 0.6) is 0 Å². The number of halogens is 1. The quantitative estimate of drug-likeness (QED) is 0.681. The molecule has 2 aromatic heterocycles. The summed E-state index contributed by atoms with van der Waals surface area (Å²) in [4.78, 5) is 4.16. The Bertz CT molecular complexity index is 814. The molecule has 92 valence electrons. The molecule has 0 atom stereocenters. The molecule has 0 aliphatic heterocycles. The van der Waals surface area contributed by atoms with E-state index in [0.717, 1.165) is 21.7 Å². The van der Waals surface area contributed by atoms with Crippen LogP contribution in [0.2, 0.25) is 5.02 Å². The Hall–Kier alpha value is -2.38. The second kappa shape index (κ2) is 4.38. The van der Waals surface area contributed by atoms with Crippen LogP contribution in [0.4, 0.5) is 0 Å². The average Bonchev–Trinajstić information content (AvgIpc) is 2.84. The van der Waals surface area contributed by atoms with Crippen LogP contribution in [-0.4, -0.2) is 14.8 Å². The number of nitrogens with zero attached hydrogens (tertiary/aromatic N) is 4. The van der Waals surface area contributed by atoms with Gasteiger partial charge in [-0.15, -0.1) is 5.10 Å². The van der Waals surface area contributed by atoms with Gasteiger partial charge in [-0.3, -0.25) is 0 Å². The Labute approximate surface area is 114 Å². The Balaban J connectivity index is 2.15. The van der Waals surface area contributed by atoms with E-state index in [-0.39, 0.29) is 0 Å². The molecule has 0 saturated carbocycles. The van der Waals surface area contributed by atoms with Crippen molar-refractivity contribution in [3.63, 3.8) is 0 Å². The van der Waals surface area contributed by atoms with E-state index in [1.807, 2.05) is 43.5 Å². The van der Waals surface area contributed by atoms with Crippen molar-refractivity contribution in [3.8, 4) is 11.8 Å². The lowest BCUT2D eigenvalue weighted by atomic mass is 10.2. The predicted octanol–water partition coefficient (Wildman–Crippen LogP) is 3.25. The molecule has 0 fully saturated rings. The van der Waals surface area contributed by atoms with Gasteiger partial charge in [0.2, 0.25) is 0 Å².